The average molecular weight is 188 g/mol. The van der Waals surface area contributed by atoms with Crippen molar-refractivity contribution in [1.29, 1.82) is 0 Å². The van der Waals surface area contributed by atoms with Gasteiger partial charge in [0.05, 0.1) is 0 Å². The Morgan fingerprint density at radius 1 is 0.786 bits per heavy atom. The highest BCUT2D eigenvalue weighted by molar-refractivity contribution is 5.33. The van der Waals surface area contributed by atoms with Crippen molar-refractivity contribution in [2.45, 2.75) is 39.5 Å². The van der Waals surface area contributed by atoms with Crippen LogP contribution in [0.2, 0.25) is 0 Å². The predicted octanol–water partition coefficient (Wildman–Crippen LogP) is 2.75. The van der Waals surface area contributed by atoms with Gasteiger partial charge in [-0.1, -0.05) is 53.0 Å². The van der Waals surface area contributed by atoms with Gasteiger partial charge in [-0.3, -0.25) is 0 Å². The largest absolute Gasteiger partial charge is 0.0909 e. The molecular formula is C14H20. The summed E-state index contributed by atoms with van der Waals surface area (Å²) in [7, 11) is 0. The molecule has 0 heterocycles. The second kappa shape index (κ2) is 4.00. The lowest BCUT2D eigenvalue weighted by Crippen LogP contribution is -2.30. The van der Waals surface area contributed by atoms with Crippen LogP contribution in [0.5, 0.6) is 0 Å². The molecule has 0 unspecified atom stereocenters. The van der Waals surface area contributed by atoms with E-state index in [0.717, 1.165) is 10.4 Å². The maximum absolute atomic E-state index is 4.12. The fourth-order valence-electron chi connectivity index (χ4n) is 1.81. The number of benzene rings is 1. The monoisotopic (exact) mass is 188 g/mol. The summed E-state index contributed by atoms with van der Waals surface area (Å²) in [5.41, 5.74) is 2.64. The fraction of sp³-hybridized carbons (Fsp3) is 0.429. The fourth-order valence-corrected chi connectivity index (χ4v) is 1.81. The van der Waals surface area contributed by atoms with Crippen LogP contribution in [0.25, 0.3) is 13.2 Å². The Balaban J connectivity index is 3.43. The highest BCUT2D eigenvalue weighted by atomic mass is 14.1. The van der Waals surface area contributed by atoms with Gasteiger partial charge in [0.25, 0.3) is 0 Å². The van der Waals surface area contributed by atoms with E-state index >= 15 is 0 Å². The van der Waals surface area contributed by atoms with Crippen LogP contribution in [-0.2, 0) is 0 Å². The molecule has 0 atom stereocenters. The van der Waals surface area contributed by atoms with Gasteiger partial charge in [0.1, 0.15) is 0 Å². The molecule has 0 radical (unpaired) electrons. The summed E-state index contributed by atoms with van der Waals surface area (Å²) < 4.78 is 0. The molecule has 0 aliphatic heterocycles. The van der Waals surface area contributed by atoms with Gasteiger partial charge < -0.3 is 0 Å². The summed E-state index contributed by atoms with van der Waals surface area (Å²) in [5, 5.41) is 2.23. The molecular weight excluding hydrogens is 168 g/mol. The van der Waals surface area contributed by atoms with Crippen molar-refractivity contribution in [1.82, 2.24) is 0 Å². The highest BCUT2D eigenvalue weighted by Gasteiger charge is 2.05. The van der Waals surface area contributed by atoms with E-state index in [9.17, 15) is 0 Å². The number of hydrogen-bond donors (Lipinski definition) is 0. The molecule has 0 fully saturated rings. The van der Waals surface area contributed by atoms with Crippen molar-refractivity contribution in [2.24, 2.45) is 0 Å². The molecule has 1 rings (SSSR count). The van der Waals surface area contributed by atoms with Crippen molar-refractivity contribution in [2.75, 3.05) is 0 Å². The Morgan fingerprint density at radius 3 is 1.29 bits per heavy atom. The maximum Gasteiger partial charge on any atom is -0.0213 e. The van der Waals surface area contributed by atoms with E-state index in [1.54, 1.807) is 0 Å². The molecule has 0 spiro atoms. The molecule has 0 aromatic heterocycles. The molecule has 0 saturated heterocycles. The second-order valence-electron chi connectivity index (χ2n) is 4.51. The first-order valence-corrected chi connectivity index (χ1v) is 5.25. The second-order valence-corrected chi connectivity index (χ2v) is 4.51. The van der Waals surface area contributed by atoms with Crippen LogP contribution >= 0.6 is 0 Å². The van der Waals surface area contributed by atoms with Crippen molar-refractivity contribution in [3.05, 3.63) is 33.7 Å². The van der Waals surface area contributed by atoms with Crippen molar-refractivity contribution in [3.8, 4) is 0 Å². The molecule has 0 saturated carbocycles. The minimum Gasteiger partial charge on any atom is -0.0909 e. The van der Waals surface area contributed by atoms with E-state index < -0.39 is 0 Å². The third-order valence-corrected chi connectivity index (χ3v) is 2.75. The molecule has 0 bridgehead atoms. The van der Waals surface area contributed by atoms with Gasteiger partial charge in [0.2, 0.25) is 0 Å². The van der Waals surface area contributed by atoms with Crippen LogP contribution in [0.15, 0.2) is 12.1 Å². The Hall–Kier alpha value is -1.04. The van der Waals surface area contributed by atoms with Crippen LogP contribution in [0, 0.1) is 0 Å². The first-order valence-electron chi connectivity index (χ1n) is 5.25. The van der Waals surface area contributed by atoms with Crippen LogP contribution in [0.1, 0.15) is 50.7 Å². The molecule has 1 aromatic carbocycles. The van der Waals surface area contributed by atoms with Gasteiger partial charge in [-0.15, -0.1) is 0 Å². The van der Waals surface area contributed by atoms with Gasteiger partial charge >= 0.3 is 0 Å². The zero-order valence-corrected chi connectivity index (χ0v) is 9.72. The Kier molecular flexibility index (Phi) is 3.15. The molecule has 76 valence electrons. The summed E-state index contributed by atoms with van der Waals surface area (Å²) >= 11 is 0. The van der Waals surface area contributed by atoms with Crippen LogP contribution in [0.3, 0.4) is 0 Å². The third-order valence-electron chi connectivity index (χ3n) is 2.75. The topological polar surface area (TPSA) is 0 Å². The van der Waals surface area contributed by atoms with Crippen LogP contribution < -0.4 is 10.4 Å². The molecule has 0 N–H and O–H groups in total. The minimum atomic E-state index is 0.532. The quantitative estimate of drug-likeness (QED) is 0.669. The summed E-state index contributed by atoms with van der Waals surface area (Å²) in [6.45, 7) is 17.0. The highest BCUT2D eigenvalue weighted by Crippen LogP contribution is 2.12. The van der Waals surface area contributed by atoms with E-state index in [2.05, 4.69) is 53.0 Å². The third kappa shape index (κ3) is 1.89. The summed E-state index contributed by atoms with van der Waals surface area (Å²) in [5.74, 6) is 1.06. The molecule has 0 aliphatic rings. The van der Waals surface area contributed by atoms with Gasteiger partial charge in [-0.05, 0) is 33.4 Å². The Labute approximate surface area is 87.0 Å². The van der Waals surface area contributed by atoms with Crippen molar-refractivity contribution in [3.63, 3.8) is 0 Å². The van der Waals surface area contributed by atoms with E-state index in [0.29, 0.717) is 11.8 Å². The zero-order chi connectivity index (χ0) is 10.9. The molecule has 0 amide bonds. The molecule has 0 heteroatoms. The van der Waals surface area contributed by atoms with Gasteiger partial charge in [0, 0.05) is 0 Å². The lowest BCUT2D eigenvalue weighted by molar-refractivity contribution is 0.830. The lowest BCUT2D eigenvalue weighted by atomic mass is 9.93. The van der Waals surface area contributed by atoms with Gasteiger partial charge in [0.15, 0.2) is 0 Å². The lowest BCUT2D eigenvalue weighted by Gasteiger charge is -2.11. The first kappa shape index (κ1) is 11.0. The van der Waals surface area contributed by atoms with Crippen molar-refractivity contribution < 1.29 is 0 Å². The first-order chi connectivity index (χ1) is 6.45. The number of rotatable bonds is 2. The molecule has 0 nitrogen and oxygen atoms in total. The Morgan fingerprint density at radius 2 is 1.07 bits per heavy atom. The van der Waals surface area contributed by atoms with E-state index in [1.807, 2.05) is 0 Å². The molecule has 1 aromatic rings. The summed E-state index contributed by atoms with van der Waals surface area (Å²) in [6, 6.07) is 4.38. The average Bonchev–Trinajstić information content (AvgIpc) is 2.08. The predicted molar refractivity (Wildman–Crippen MR) is 64.9 cm³/mol. The van der Waals surface area contributed by atoms with Gasteiger partial charge in [-0.2, -0.15) is 0 Å². The van der Waals surface area contributed by atoms with Gasteiger partial charge in [-0.25, -0.2) is 0 Å². The SMILES string of the molecule is C=c1c(C(C)C)ccc(C(C)C)c1=C. The van der Waals surface area contributed by atoms with Crippen LogP contribution in [0.4, 0.5) is 0 Å². The molecule has 14 heavy (non-hydrogen) atoms. The van der Waals surface area contributed by atoms with E-state index in [1.165, 1.54) is 11.1 Å². The number of hydrogen-bond acceptors (Lipinski definition) is 0. The maximum atomic E-state index is 4.12. The Bertz CT molecular complexity index is 369. The molecule has 0 aliphatic carbocycles. The minimum absolute atomic E-state index is 0.532. The zero-order valence-electron chi connectivity index (χ0n) is 9.72. The smallest absolute Gasteiger partial charge is 0.0213 e. The summed E-state index contributed by atoms with van der Waals surface area (Å²) in [6.07, 6.45) is 0. The van der Waals surface area contributed by atoms with Crippen molar-refractivity contribution >= 4 is 13.2 Å². The van der Waals surface area contributed by atoms with E-state index in [-0.39, 0.29) is 0 Å². The standard InChI is InChI=1S/C14H20/c1-9(2)13-7-8-14(10(3)4)12(6)11(13)5/h7-10H,5-6H2,1-4H3. The van der Waals surface area contributed by atoms with E-state index in [4.69, 9.17) is 0 Å². The normalized spacial score (nSPS) is 11.3. The summed E-state index contributed by atoms with van der Waals surface area (Å²) in [4.78, 5) is 0. The van der Waals surface area contributed by atoms with Crippen LogP contribution in [-0.4, -0.2) is 0 Å².